The monoisotopic (exact) mass is 415 g/mol. The highest BCUT2D eigenvalue weighted by atomic mass is 19.1. The molecule has 2 aliphatic rings. The molecule has 4 N–H and O–H groups in total. The third-order valence-electron chi connectivity index (χ3n) is 5.27. The summed E-state index contributed by atoms with van der Waals surface area (Å²) in [7, 11) is 0. The molecular formula is C21H22FN3O5. The molecule has 2 aromatic rings. The summed E-state index contributed by atoms with van der Waals surface area (Å²) in [4.78, 5) is 28.4. The quantitative estimate of drug-likeness (QED) is 0.661. The summed E-state index contributed by atoms with van der Waals surface area (Å²) in [5.41, 5.74) is 7.15. The predicted octanol–water partition coefficient (Wildman–Crippen LogP) is 0.725. The molecule has 1 fully saturated rings. The third-order valence-corrected chi connectivity index (χ3v) is 5.27. The number of amides is 2. The average molecular weight is 415 g/mol. The van der Waals surface area contributed by atoms with Gasteiger partial charge in [-0.3, -0.25) is 9.59 Å². The van der Waals surface area contributed by atoms with E-state index in [1.165, 1.54) is 12.1 Å². The van der Waals surface area contributed by atoms with Crippen LogP contribution in [0.3, 0.4) is 0 Å². The Morgan fingerprint density at radius 1 is 1.30 bits per heavy atom. The standard InChI is InChI=1S/C21H22FN3O5/c22-14-8-11(1-2-13(14)20(23)27)7-12-9-17(24-16-4-6-30-19(12)16)21(28)25-15-3-5-29-10-18(15)26/h1-2,8-9,15,18,26H,3-7,10H2,(H2,23,27)(H,25,28)/t15-,18-/m0/s1. The number of fused-ring (bicyclic) bond motifs is 1. The first-order valence-electron chi connectivity index (χ1n) is 9.73. The van der Waals surface area contributed by atoms with Crippen LogP contribution in [0.1, 0.15) is 44.1 Å². The lowest BCUT2D eigenvalue weighted by molar-refractivity contribution is -0.0261. The van der Waals surface area contributed by atoms with E-state index in [2.05, 4.69) is 10.3 Å². The molecule has 0 saturated carbocycles. The number of carbonyl (C=O) groups is 2. The van der Waals surface area contributed by atoms with E-state index in [1.807, 2.05) is 0 Å². The number of benzene rings is 1. The molecule has 3 heterocycles. The van der Waals surface area contributed by atoms with Crippen LogP contribution in [0.2, 0.25) is 0 Å². The van der Waals surface area contributed by atoms with Gasteiger partial charge in [-0.05, 0) is 30.2 Å². The second kappa shape index (κ2) is 8.37. The zero-order valence-electron chi connectivity index (χ0n) is 16.2. The number of aliphatic hydroxyl groups excluding tert-OH is 1. The Balaban J connectivity index is 1.59. The minimum atomic E-state index is -0.832. The summed E-state index contributed by atoms with van der Waals surface area (Å²) < 4.78 is 25.0. The van der Waals surface area contributed by atoms with Crippen molar-refractivity contribution in [2.24, 2.45) is 5.73 Å². The van der Waals surface area contributed by atoms with Crippen LogP contribution in [0.25, 0.3) is 0 Å². The normalized spacial score (nSPS) is 20.3. The van der Waals surface area contributed by atoms with Crippen molar-refractivity contribution in [3.8, 4) is 5.75 Å². The molecule has 0 aliphatic carbocycles. The van der Waals surface area contributed by atoms with E-state index in [1.54, 1.807) is 12.1 Å². The molecule has 0 bridgehead atoms. The van der Waals surface area contributed by atoms with Gasteiger partial charge in [0.05, 0.1) is 36.6 Å². The molecule has 2 aliphatic heterocycles. The number of aromatic nitrogens is 1. The largest absolute Gasteiger partial charge is 0.491 e. The lowest BCUT2D eigenvalue weighted by Gasteiger charge is -2.28. The molecule has 0 unspecified atom stereocenters. The molecule has 1 aromatic carbocycles. The fraction of sp³-hybridized carbons (Fsp3) is 0.381. The van der Waals surface area contributed by atoms with E-state index in [0.29, 0.717) is 55.0 Å². The lowest BCUT2D eigenvalue weighted by atomic mass is 10.0. The summed E-state index contributed by atoms with van der Waals surface area (Å²) in [5, 5.41) is 12.8. The molecule has 1 saturated heterocycles. The zero-order chi connectivity index (χ0) is 21.3. The van der Waals surface area contributed by atoms with E-state index in [0.717, 1.165) is 0 Å². The topological polar surface area (TPSA) is 124 Å². The van der Waals surface area contributed by atoms with E-state index in [9.17, 15) is 19.1 Å². The third kappa shape index (κ3) is 4.12. The zero-order valence-corrected chi connectivity index (χ0v) is 16.2. The summed E-state index contributed by atoms with van der Waals surface area (Å²) in [6, 6.07) is 5.42. The molecule has 2 atom stereocenters. The molecule has 4 rings (SSSR count). The van der Waals surface area contributed by atoms with Crippen LogP contribution in [0.4, 0.5) is 4.39 Å². The van der Waals surface area contributed by atoms with Gasteiger partial charge in [0.15, 0.2) is 0 Å². The highest BCUT2D eigenvalue weighted by Crippen LogP contribution is 2.31. The Bertz CT molecular complexity index is 997. The molecule has 8 nitrogen and oxygen atoms in total. The van der Waals surface area contributed by atoms with Crippen LogP contribution in [0.5, 0.6) is 5.75 Å². The Morgan fingerprint density at radius 2 is 2.13 bits per heavy atom. The second-order valence-electron chi connectivity index (χ2n) is 7.41. The molecule has 0 spiro atoms. The van der Waals surface area contributed by atoms with E-state index in [-0.39, 0.29) is 17.9 Å². The number of pyridine rings is 1. The van der Waals surface area contributed by atoms with Crippen molar-refractivity contribution in [2.75, 3.05) is 19.8 Å². The Morgan fingerprint density at radius 3 is 2.87 bits per heavy atom. The maximum absolute atomic E-state index is 14.1. The summed E-state index contributed by atoms with van der Waals surface area (Å²) in [6.07, 6.45) is 0.602. The Kier molecular flexibility index (Phi) is 5.65. The number of hydrogen-bond donors (Lipinski definition) is 3. The van der Waals surface area contributed by atoms with Crippen molar-refractivity contribution in [3.05, 3.63) is 58.2 Å². The van der Waals surface area contributed by atoms with Crippen molar-refractivity contribution in [3.63, 3.8) is 0 Å². The maximum Gasteiger partial charge on any atom is 0.270 e. The summed E-state index contributed by atoms with van der Waals surface area (Å²) in [6.45, 7) is 1.09. The summed E-state index contributed by atoms with van der Waals surface area (Å²) >= 11 is 0. The number of ether oxygens (including phenoxy) is 2. The highest BCUT2D eigenvalue weighted by Gasteiger charge is 2.28. The van der Waals surface area contributed by atoms with Crippen molar-refractivity contribution in [1.29, 1.82) is 0 Å². The second-order valence-corrected chi connectivity index (χ2v) is 7.41. The van der Waals surface area contributed by atoms with E-state index < -0.39 is 29.8 Å². The Labute approximate surface area is 172 Å². The molecule has 1 aromatic heterocycles. The highest BCUT2D eigenvalue weighted by molar-refractivity contribution is 5.93. The van der Waals surface area contributed by atoms with Crippen LogP contribution in [-0.2, 0) is 17.6 Å². The van der Waals surface area contributed by atoms with E-state index >= 15 is 0 Å². The first-order valence-corrected chi connectivity index (χ1v) is 9.73. The van der Waals surface area contributed by atoms with Gasteiger partial charge in [-0.1, -0.05) is 6.07 Å². The Hall–Kier alpha value is -3.04. The fourth-order valence-corrected chi connectivity index (χ4v) is 3.71. The number of halogens is 1. The molecule has 30 heavy (non-hydrogen) atoms. The smallest absolute Gasteiger partial charge is 0.270 e. The number of nitrogens with zero attached hydrogens (tertiary/aromatic N) is 1. The number of nitrogens with one attached hydrogen (secondary N) is 1. The fourth-order valence-electron chi connectivity index (χ4n) is 3.71. The first kappa shape index (κ1) is 20.2. The molecule has 158 valence electrons. The number of rotatable bonds is 5. The van der Waals surface area contributed by atoms with Gasteiger partial charge in [0, 0.05) is 25.0 Å². The number of carbonyl (C=O) groups excluding carboxylic acids is 2. The number of primary amides is 1. The van der Waals surface area contributed by atoms with Gasteiger partial charge in [0.25, 0.3) is 11.8 Å². The van der Waals surface area contributed by atoms with Gasteiger partial charge in [0.2, 0.25) is 0 Å². The van der Waals surface area contributed by atoms with Crippen molar-refractivity contribution < 1.29 is 28.6 Å². The van der Waals surface area contributed by atoms with Crippen LogP contribution >= 0.6 is 0 Å². The average Bonchev–Trinajstić information content (AvgIpc) is 3.18. The number of aliphatic hydroxyl groups is 1. The number of nitrogens with two attached hydrogens (primary N) is 1. The first-order chi connectivity index (χ1) is 14.4. The van der Waals surface area contributed by atoms with Crippen LogP contribution in [0.15, 0.2) is 24.3 Å². The SMILES string of the molecule is NC(=O)c1ccc(Cc2cc(C(=O)N[C@H]3CCOC[C@@H]3O)nc3c2OCC3)cc1F. The van der Waals surface area contributed by atoms with Crippen LogP contribution in [-0.4, -0.2) is 53.9 Å². The van der Waals surface area contributed by atoms with Gasteiger partial charge in [-0.25, -0.2) is 9.37 Å². The molecule has 2 amide bonds. The van der Waals surface area contributed by atoms with Gasteiger partial charge in [0.1, 0.15) is 17.3 Å². The molecule has 0 radical (unpaired) electrons. The van der Waals surface area contributed by atoms with Crippen LogP contribution in [0, 0.1) is 5.82 Å². The van der Waals surface area contributed by atoms with Crippen molar-refractivity contribution in [2.45, 2.75) is 31.4 Å². The van der Waals surface area contributed by atoms with Crippen LogP contribution < -0.4 is 15.8 Å². The lowest BCUT2D eigenvalue weighted by Crippen LogP contribution is -2.48. The van der Waals surface area contributed by atoms with Gasteiger partial charge >= 0.3 is 0 Å². The van der Waals surface area contributed by atoms with E-state index in [4.69, 9.17) is 15.2 Å². The molecule has 9 heteroatoms. The predicted molar refractivity (Wildman–Crippen MR) is 104 cm³/mol. The van der Waals surface area contributed by atoms with Gasteiger partial charge < -0.3 is 25.6 Å². The summed E-state index contributed by atoms with van der Waals surface area (Å²) in [5.74, 6) is -1.33. The number of hydrogen-bond acceptors (Lipinski definition) is 6. The van der Waals surface area contributed by atoms with Crippen molar-refractivity contribution in [1.82, 2.24) is 10.3 Å². The minimum absolute atomic E-state index is 0.175. The minimum Gasteiger partial charge on any atom is -0.491 e. The van der Waals surface area contributed by atoms with Crippen molar-refractivity contribution >= 4 is 11.8 Å². The maximum atomic E-state index is 14.1. The molecular weight excluding hydrogens is 393 g/mol. The van der Waals surface area contributed by atoms with Gasteiger partial charge in [-0.2, -0.15) is 0 Å². The van der Waals surface area contributed by atoms with Gasteiger partial charge in [-0.15, -0.1) is 0 Å².